The molecular formula is C16H15F3N2O5S. The van der Waals surface area contributed by atoms with Gasteiger partial charge in [0, 0.05) is 11.3 Å². The summed E-state index contributed by atoms with van der Waals surface area (Å²) in [6.45, 7) is 0. The Kier molecular flexibility index (Phi) is 5.84. The Morgan fingerprint density at radius 3 is 2.22 bits per heavy atom. The molecule has 2 N–H and O–H groups in total. The van der Waals surface area contributed by atoms with E-state index in [0.717, 1.165) is 30.5 Å². The number of hydrogen-bond acceptors (Lipinski definition) is 5. The lowest BCUT2D eigenvalue weighted by molar-refractivity contribution is -0.274. The van der Waals surface area contributed by atoms with Crippen molar-refractivity contribution >= 4 is 27.3 Å². The summed E-state index contributed by atoms with van der Waals surface area (Å²) >= 11 is 0. The largest absolute Gasteiger partial charge is 0.573 e. The van der Waals surface area contributed by atoms with E-state index in [0.29, 0.717) is 0 Å². The minimum atomic E-state index is -4.82. The molecule has 0 aliphatic heterocycles. The summed E-state index contributed by atoms with van der Waals surface area (Å²) in [6.07, 6.45) is -3.86. The molecule has 11 heteroatoms. The molecule has 0 heterocycles. The van der Waals surface area contributed by atoms with Crippen molar-refractivity contribution in [2.75, 3.05) is 23.4 Å². The van der Waals surface area contributed by atoms with Crippen LogP contribution in [0, 0.1) is 0 Å². The second kappa shape index (κ2) is 7.74. The van der Waals surface area contributed by atoms with Crippen LogP contribution >= 0.6 is 0 Å². The number of methoxy groups -OCH3 is 1. The van der Waals surface area contributed by atoms with E-state index < -0.39 is 28.0 Å². The third-order valence-corrected chi connectivity index (χ3v) is 3.69. The van der Waals surface area contributed by atoms with Crippen LogP contribution in [0.2, 0.25) is 0 Å². The summed E-state index contributed by atoms with van der Waals surface area (Å²) in [6, 6.07) is 8.61. The molecule has 0 aliphatic carbocycles. The van der Waals surface area contributed by atoms with E-state index in [2.05, 4.69) is 14.8 Å². The molecule has 0 spiro atoms. The number of alkyl halides is 3. The van der Waals surface area contributed by atoms with Crippen LogP contribution in [0.25, 0.3) is 0 Å². The van der Waals surface area contributed by atoms with Gasteiger partial charge in [0.25, 0.3) is 5.91 Å². The van der Waals surface area contributed by atoms with E-state index in [9.17, 15) is 26.4 Å². The normalized spacial score (nSPS) is 11.6. The third-order valence-electron chi connectivity index (χ3n) is 3.10. The fourth-order valence-corrected chi connectivity index (χ4v) is 2.64. The standard InChI is InChI=1S/C16H15F3N2O5S/c1-25-14-8-5-11(9-13(14)21-27(2,23)24)20-15(22)10-3-6-12(7-4-10)26-16(17,18)19/h3-9,21H,1-2H3,(H,20,22). The number of rotatable bonds is 6. The average Bonchev–Trinajstić information content (AvgIpc) is 2.52. The lowest BCUT2D eigenvalue weighted by Gasteiger charge is -2.13. The zero-order chi connectivity index (χ0) is 20.2. The van der Waals surface area contributed by atoms with Gasteiger partial charge in [-0.3, -0.25) is 9.52 Å². The molecule has 0 saturated heterocycles. The Morgan fingerprint density at radius 2 is 1.70 bits per heavy atom. The van der Waals surface area contributed by atoms with Crippen LogP contribution in [0.15, 0.2) is 42.5 Å². The highest BCUT2D eigenvalue weighted by Gasteiger charge is 2.31. The SMILES string of the molecule is COc1ccc(NC(=O)c2ccc(OC(F)(F)F)cc2)cc1NS(C)(=O)=O. The number of nitrogens with one attached hydrogen (secondary N) is 2. The Bertz CT molecular complexity index is 928. The van der Waals surface area contributed by atoms with Crippen molar-refractivity contribution in [3.8, 4) is 11.5 Å². The van der Waals surface area contributed by atoms with Gasteiger partial charge in [0.05, 0.1) is 19.1 Å². The van der Waals surface area contributed by atoms with E-state index in [1.807, 2.05) is 0 Å². The van der Waals surface area contributed by atoms with Gasteiger partial charge in [0.15, 0.2) is 0 Å². The highest BCUT2D eigenvalue weighted by atomic mass is 32.2. The number of amides is 1. The van der Waals surface area contributed by atoms with E-state index in [4.69, 9.17) is 4.74 Å². The minimum Gasteiger partial charge on any atom is -0.495 e. The number of halogens is 3. The van der Waals surface area contributed by atoms with Crippen LogP contribution in [0.3, 0.4) is 0 Å². The Hall–Kier alpha value is -2.95. The maximum atomic E-state index is 12.2. The molecule has 0 fully saturated rings. The average molecular weight is 404 g/mol. The van der Waals surface area contributed by atoms with Crippen molar-refractivity contribution in [1.29, 1.82) is 0 Å². The summed E-state index contributed by atoms with van der Waals surface area (Å²) in [5.41, 5.74) is 0.451. The van der Waals surface area contributed by atoms with Crippen molar-refractivity contribution in [3.05, 3.63) is 48.0 Å². The third kappa shape index (κ3) is 6.37. The molecule has 0 aliphatic rings. The Balaban J connectivity index is 2.16. The molecule has 0 saturated carbocycles. The van der Waals surface area contributed by atoms with Crippen molar-refractivity contribution < 1.29 is 35.9 Å². The van der Waals surface area contributed by atoms with E-state index >= 15 is 0 Å². The number of benzene rings is 2. The first-order valence-corrected chi connectivity index (χ1v) is 9.19. The summed E-state index contributed by atoms with van der Waals surface area (Å²) in [5.74, 6) is -0.820. The molecule has 0 unspecified atom stereocenters. The summed E-state index contributed by atoms with van der Waals surface area (Å²) in [7, 11) is -2.22. The zero-order valence-electron chi connectivity index (χ0n) is 14.1. The van der Waals surface area contributed by atoms with Gasteiger partial charge in [-0.25, -0.2) is 8.42 Å². The van der Waals surface area contributed by atoms with Gasteiger partial charge in [-0.2, -0.15) is 0 Å². The van der Waals surface area contributed by atoms with Gasteiger partial charge in [-0.05, 0) is 42.5 Å². The van der Waals surface area contributed by atoms with Crippen LogP contribution < -0.4 is 19.5 Å². The molecule has 0 aromatic heterocycles. The predicted octanol–water partition coefficient (Wildman–Crippen LogP) is 3.22. The van der Waals surface area contributed by atoms with Crippen molar-refractivity contribution in [2.24, 2.45) is 0 Å². The van der Waals surface area contributed by atoms with Crippen LogP contribution in [0.4, 0.5) is 24.5 Å². The number of carbonyl (C=O) groups excluding carboxylic acids is 1. The van der Waals surface area contributed by atoms with Crippen LogP contribution in [0.1, 0.15) is 10.4 Å². The Morgan fingerprint density at radius 1 is 1.07 bits per heavy atom. The number of ether oxygens (including phenoxy) is 2. The molecule has 7 nitrogen and oxygen atoms in total. The van der Waals surface area contributed by atoms with Gasteiger partial charge in [0.2, 0.25) is 10.0 Å². The maximum Gasteiger partial charge on any atom is 0.573 e. The van der Waals surface area contributed by atoms with Gasteiger partial charge in [-0.1, -0.05) is 0 Å². The first kappa shape index (κ1) is 20.4. The number of sulfonamides is 1. The molecule has 27 heavy (non-hydrogen) atoms. The molecule has 1 amide bonds. The molecule has 0 radical (unpaired) electrons. The molecule has 146 valence electrons. The minimum absolute atomic E-state index is 0.0814. The highest BCUT2D eigenvalue weighted by Crippen LogP contribution is 2.29. The molecular weight excluding hydrogens is 389 g/mol. The van der Waals surface area contributed by atoms with Crippen LogP contribution in [-0.2, 0) is 10.0 Å². The zero-order valence-corrected chi connectivity index (χ0v) is 14.9. The fraction of sp³-hybridized carbons (Fsp3) is 0.188. The first-order chi connectivity index (χ1) is 12.5. The second-order valence-electron chi connectivity index (χ2n) is 5.32. The lowest BCUT2D eigenvalue weighted by Crippen LogP contribution is -2.17. The van der Waals surface area contributed by atoms with Crippen molar-refractivity contribution in [3.63, 3.8) is 0 Å². The van der Waals surface area contributed by atoms with Crippen LogP contribution in [-0.4, -0.2) is 34.1 Å². The van der Waals surface area contributed by atoms with E-state index in [-0.39, 0.29) is 22.7 Å². The fourth-order valence-electron chi connectivity index (χ4n) is 2.08. The monoisotopic (exact) mass is 404 g/mol. The van der Waals surface area contributed by atoms with Gasteiger partial charge in [-0.15, -0.1) is 13.2 Å². The van der Waals surface area contributed by atoms with Gasteiger partial charge < -0.3 is 14.8 Å². The topological polar surface area (TPSA) is 93.7 Å². The van der Waals surface area contributed by atoms with Gasteiger partial charge >= 0.3 is 6.36 Å². The molecule has 2 aromatic carbocycles. The summed E-state index contributed by atoms with van der Waals surface area (Å²) in [4.78, 5) is 12.2. The molecule has 2 rings (SSSR count). The van der Waals surface area contributed by atoms with Crippen molar-refractivity contribution in [2.45, 2.75) is 6.36 Å². The quantitative estimate of drug-likeness (QED) is 0.771. The molecule has 0 bridgehead atoms. The summed E-state index contributed by atoms with van der Waals surface area (Å²) in [5, 5.41) is 2.51. The predicted molar refractivity (Wildman–Crippen MR) is 92.5 cm³/mol. The molecule has 0 atom stereocenters. The Labute approximate surface area is 153 Å². The lowest BCUT2D eigenvalue weighted by atomic mass is 10.2. The smallest absolute Gasteiger partial charge is 0.495 e. The maximum absolute atomic E-state index is 12.2. The first-order valence-electron chi connectivity index (χ1n) is 7.30. The number of hydrogen-bond donors (Lipinski definition) is 2. The highest BCUT2D eigenvalue weighted by molar-refractivity contribution is 7.92. The van der Waals surface area contributed by atoms with Crippen molar-refractivity contribution in [1.82, 2.24) is 0 Å². The van der Waals surface area contributed by atoms with Crippen LogP contribution in [0.5, 0.6) is 11.5 Å². The van der Waals surface area contributed by atoms with E-state index in [1.165, 1.54) is 25.3 Å². The number of anilines is 2. The van der Waals surface area contributed by atoms with Gasteiger partial charge in [0.1, 0.15) is 11.5 Å². The number of carbonyl (C=O) groups is 1. The molecule has 2 aromatic rings. The van der Waals surface area contributed by atoms with E-state index in [1.54, 1.807) is 0 Å². The summed E-state index contributed by atoms with van der Waals surface area (Å²) < 4.78 is 70.3. The second-order valence-corrected chi connectivity index (χ2v) is 7.06.